The van der Waals surface area contributed by atoms with Crippen molar-refractivity contribution in [2.24, 2.45) is 0 Å². The van der Waals surface area contributed by atoms with Crippen LogP contribution in [0, 0.1) is 0 Å². The third-order valence-corrected chi connectivity index (χ3v) is 4.06. The zero-order valence-electron chi connectivity index (χ0n) is 15.5. The number of benzene rings is 1. The molecule has 0 saturated heterocycles. The van der Waals surface area contributed by atoms with Crippen molar-refractivity contribution in [3.8, 4) is 5.75 Å². The van der Waals surface area contributed by atoms with E-state index in [1.807, 2.05) is 0 Å². The molecule has 1 aromatic rings. The molecule has 10 heteroatoms. The maximum atomic E-state index is 12.1. The Morgan fingerprint density at radius 1 is 1.07 bits per heavy atom. The summed E-state index contributed by atoms with van der Waals surface area (Å²) in [7, 11) is 0. The van der Waals surface area contributed by atoms with Gasteiger partial charge in [-0.15, -0.1) is 13.2 Å². The largest absolute Gasteiger partial charge is 0.573 e. The summed E-state index contributed by atoms with van der Waals surface area (Å²) in [6, 6.07) is 4.22. The molecule has 1 fully saturated rings. The van der Waals surface area contributed by atoms with Gasteiger partial charge in [0.1, 0.15) is 5.75 Å². The van der Waals surface area contributed by atoms with Crippen LogP contribution in [0.15, 0.2) is 30.3 Å². The van der Waals surface area contributed by atoms with E-state index >= 15 is 0 Å². The number of urea groups is 1. The Bertz CT molecular complexity index is 741. The summed E-state index contributed by atoms with van der Waals surface area (Å²) >= 11 is 0. The highest BCUT2D eigenvalue weighted by molar-refractivity contribution is 5.96. The molecule has 1 aromatic carbocycles. The minimum Gasteiger partial charge on any atom is -0.452 e. The third kappa shape index (κ3) is 9.13. The molecule has 0 spiro atoms. The normalized spacial score (nSPS) is 15.0. The quantitative estimate of drug-likeness (QED) is 0.550. The van der Waals surface area contributed by atoms with Gasteiger partial charge in [-0.25, -0.2) is 9.59 Å². The van der Waals surface area contributed by atoms with Crippen LogP contribution >= 0.6 is 0 Å². The number of halogens is 3. The van der Waals surface area contributed by atoms with Crippen molar-refractivity contribution in [1.29, 1.82) is 0 Å². The van der Waals surface area contributed by atoms with E-state index in [0.717, 1.165) is 50.3 Å². The summed E-state index contributed by atoms with van der Waals surface area (Å²) in [6.45, 7) is -0.639. The molecule has 29 heavy (non-hydrogen) atoms. The Hall–Kier alpha value is -3.04. The summed E-state index contributed by atoms with van der Waals surface area (Å²) in [5.41, 5.74) is 0.424. The van der Waals surface area contributed by atoms with Crippen LogP contribution < -0.4 is 15.4 Å². The van der Waals surface area contributed by atoms with E-state index in [4.69, 9.17) is 4.74 Å². The van der Waals surface area contributed by atoms with E-state index in [1.165, 1.54) is 18.2 Å². The Balaban J connectivity index is 1.70. The van der Waals surface area contributed by atoms with Gasteiger partial charge in [0.15, 0.2) is 6.61 Å². The van der Waals surface area contributed by atoms with Gasteiger partial charge in [0.2, 0.25) is 0 Å². The van der Waals surface area contributed by atoms with E-state index in [0.29, 0.717) is 5.56 Å². The molecular weight excluding hydrogens is 393 g/mol. The number of nitrogens with one attached hydrogen (secondary N) is 2. The molecule has 7 nitrogen and oxygen atoms in total. The average Bonchev–Trinajstić information content (AvgIpc) is 2.65. The smallest absolute Gasteiger partial charge is 0.452 e. The minimum atomic E-state index is -4.78. The number of carbonyl (C=O) groups is 3. The Morgan fingerprint density at radius 3 is 2.34 bits per heavy atom. The molecule has 0 radical (unpaired) electrons. The predicted molar refractivity (Wildman–Crippen MR) is 96.7 cm³/mol. The zero-order chi connectivity index (χ0) is 21.3. The maximum absolute atomic E-state index is 12.1. The topological polar surface area (TPSA) is 93.7 Å². The fourth-order valence-corrected chi connectivity index (χ4v) is 2.76. The molecule has 1 saturated carbocycles. The first-order chi connectivity index (χ1) is 13.7. The van der Waals surface area contributed by atoms with Crippen LogP contribution in [0.25, 0.3) is 6.08 Å². The van der Waals surface area contributed by atoms with Crippen LogP contribution in [0.5, 0.6) is 5.75 Å². The lowest BCUT2D eigenvalue weighted by molar-refractivity contribution is -0.274. The number of rotatable bonds is 6. The van der Waals surface area contributed by atoms with E-state index in [2.05, 4.69) is 15.4 Å². The van der Waals surface area contributed by atoms with Crippen molar-refractivity contribution >= 4 is 24.0 Å². The Labute approximate surface area is 165 Å². The molecule has 1 aliphatic rings. The van der Waals surface area contributed by atoms with Gasteiger partial charge < -0.3 is 14.8 Å². The molecule has 0 bridgehead atoms. The molecule has 158 valence electrons. The first-order valence-electron chi connectivity index (χ1n) is 9.02. The monoisotopic (exact) mass is 414 g/mol. The lowest BCUT2D eigenvalue weighted by Gasteiger charge is -2.22. The van der Waals surface area contributed by atoms with Crippen LogP contribution in [0.4, 0.5) is 18.0 Å². The fraction of sp³-hybridized carbons (Fsp3) is 0.421. The van der Waals surface area contributed by atoms with Gasteiger partial charge in [0.25, 0.3) is 5.91 Å². The number of alkyl halides is 3. The summed E-state index contributed by atoms with van der Waals surface area (Å²) < 4.78 is 44.7. The van der Waals surface area contributed by atoms with Crippen molar-refractivity contribution in [2.75, 3.05) is 6.61 Å². The van der Waals surface area contributed by atoms with Gasteiger partial charge in [0.05, 0.1) is 0 Å². The summed E-state index contributed by atoms with van der Waals surface area (Å²) in [4.78, 5) is 35.0. The van der Waals surface area contributed by atoms with Gasteiger partial charge in [-0.2, -0.15) is 0 Å². The molecule has 0 aromatic heterocycles. The molecule has 2 rings (SSSR count). The van der Waals surface area contributed by atoms with Crippen LogP contribution in [0.2, 0.25) is 0 Å². The van der Waals surface area contributed by atoms with Crippen LogP contribution in [0.3, 0.4) is 0 Å². The number of esters is 1. The van der Waals surface area contributed by atoms with E-state index in [1.54, 1.807) is 0 Å². The molecule has 0 atom stereocenters. The second kappa shape index (κ2) is 10.5. The highest BCUT2D eigenvalue weighted by Gasteiger charge is 2.30. The number of ether oxygens (including phenoxy) is 2. The molecule has 3 amide bonds. The summed E-state index contributed by atoms with van der Waals surface area (Å²) in [6.07, 6.45) is 2.45. The van der Waals surface area contributed by atoms with E-state index in [-0.39, 0.29) is 11.8 Å². The van der Waals surface area contributed by atoms with Crippen molar-refractivity contribution in [3.05, 3.63) is 35.9 Å². The van der Waals surface area contributed by atoms with Gasteiger partial charge in [-0.1, -0.05) is 31.4 Å². The van der Waals surface area contributed by atoms with Crippen molar-refractivity contribution in [1.82, 2.24) is 10.6 Å². The summed E-state index contributed by atoms with van der Waals surface area (Å²) in [5.74, 6) is -2.00. The highest BCUT2D eigenvalue weighted by atomic mass is 19.4. The van der Waals surface area contributed by atoms with E-state index in [9.17, 15) is 27.6 Å². The van der Waals surface area contributed by atoms with Crippen molar-refractivity contribution in [3.63, 3.8) is 0 Å². The number of hydrogen-bond donors (Lipinski definition) is 2. The predicted octanol–water partition coefficient (Wildman–Crippen LogP) is 3.30. The van der Waals surface area contributed by atoms with Gasteiger partial charge in [-0.05, 0) is 36.6 Å². The summed E-state index contributed by atoms with van der Waals surface area (Å²) in [5, 5.41) is 4.78. The van der Waals surface area contributed by atoms with Gasteiger partial charge in [0, 0.05) is 12.1 Å². The Kier molecular flexibility index (Phi) is 8.05. The molecule has 1 aliphatic carbocycles. The standard InChI is InChI=1S/C19H21F3N2O5/c20-19(21,22)29-15-9-6-13(7-10-15)8-11-17(26)28-12-16(25)24-18(27)23-14-4-2-1-3-5-14/h6-11,14H,1-5,12H2,(H2,23,24,25,27)/b11-8+. The van der Waals surface area contributed by atoms with Gasteiger partial charge >= 0.3 is 18.4 Å². The Morgan fingerprint density at radius 2 is 1.72 bits per heavy atom. The zero-order valence-corrected chi connectivity index (χ0v) is 15.5. The number of imide groups is 1. The first-order valence-corrected chi connectivity index (χ1v) is 9.02. The fourth-order valence-electron chi connectivity index (χ4n) is 2.76. The lowest BCUT2D eigenvalue weighted by Crippen LogP contribution is -2.46. The second-order valence-electron chi connectivity index (χ2n) is 6.41. The molecule has 2 N–H and O–H groups in total. The van der Waals surface area contributed by atoms with Crippen molar-refractivity contribution < 1.29 is 37.0 Å². The van der Waals surface area contributed by atoms with Crippen molar-refractivity contribution in [2.45, 2.75) is 44.5 Å². The molecular formula is C19H21F3N2O5. The average molecular weight is 414 g/mol. The number of hydrogen-bond acceptors (Lipinski definition) is 5. The SMILES string of the molecule is O=C(COC(=O)/C=C/c1ccc(OC(F)(F)F)cc1)NC(=O)NC1CCCCC1. The first kappa shape index (κ1) is 22.3. The van der Waals surface area contributed by atoms with Gasteiger partial charge in [-0.3, -0.25) is 10.1 Å². The molecule has 0 aliphatic heterocycles. The van der Waals surface area contributed by atoms with Crippen LogP contribution in [-0.2, 0) is 14.3 Å². The van der Waals surface area contributed by atoms with E-state index < -0.39 is 30.9 Å². The highest BCUT2D eigenvalue weighted by Crippen LogP contribution is 2.23. The maximum Gasteiger partial charge on any atom is 0.573 e. The second-order valence-corrected chi connectivity index (χ2v) is 6.41. The van der Waals surface area contributed by atoms with Crippen LogP contribution in [-0.4, -0.2) is 36.9 Å². The van der Waals surface area contributed by atoms with Crippen LogP contribution in [0.1, 0.15) is 37.7 Å². The minimum absolute atomic E-state index is 0.0370. The lowest BCUT2D eigenvalue weighted by atomic mass is 9.96. The molecule has 0 unspecified atom stereocenters. The molecule has 0 heterocycles. The number of amides is 3. The number of carbonyl (C=O) groups excluding carboxylic acids is 3. The third-order valence-electron chi connectivity index (χ3n) is 4.06.